The summed E-state index contributed by atoms with van der Waals surface area (Å²) in [4.78, 5) is 26.8. The third-order valence-electron chi connectivity index (χ3n) is 4.92. The Morgan fingerprint density at radius 3 is 2.38 bits per heavy atom. The molecule has 10 heteroatoms. The van der Waals surface area contributed by atoms with Crippen LogP contribution in [0.25, 0.3) is 0 Å². The largest absolute Gasteiger partial charge is 0.495 e. The third-order valence-corrected chi connectivity index (χ3v) is 7.93. The number of amides is 2. The lowest BCUT2D eigenvalue weighted by Gasteiger charge is -2.21. The number of hydrogen-bond donors (Lipinski definition) is 3. The predicted octanol–water partition coefficient (Wildman–Crippen LogP) is 3.18. The number of hydrazine groups is 1. The van der Waals surface area contributed by atoms with Gasteiger partial charge < -0.3 is 4.74 Å². The molecule has 8 nitrogen and oxygen atoms in total. The number of hydrogen-bond acceptors (Lipinski definition) is 6. The molecule has 0 saturated heterocycles. The number of nitrogens with one attached hydrogen (secondary N) is 3. The smallest absolute Gasteiger partial charge is 0.279 e. The van der Waals surface area contributed by atoms with Crippen molar-refractivity contribution < 1.29 is 22.7 Å². The van der Waals surface area contributed by atoms with E-state index in [4.69, 9.17) is 4.74 Å². The number of thiophene rings is 1. The molecule has 0 aliphatic heterocycles. The molecule has 1 aliphatic rings. The minimum Gasteiger partial charge on any atom is -0.495 e. The van der Waals surface area contributed by atoms with Gasteiger partial charge in [-0.1, -0.05) is 6.42 Å². The maximum absolute atomic E-state index is 12.8. The van der Waals surface area contributed by atoms with E-state index in [-0.39, 0.29) is 16.2 Å². The van der Waals surface area contributed by atoms with Crippen molar-refractivity contribution in [3.8, 4) is 5.75 Å². The lowest BCUT2D eigenvalue weighted by molar-refractivity contribution is 0.0848. The molecule has 0 saturated carbocycles. The number of carbonyl (C=O) groups excluding carboxylic acids is 2. The van der Waals surface area contributed by atoms with Gasteiger partial charge in [-0.3, -0.25) is 20.4 Å². The average Bonchev–Trinajstić information content (AvgIpc) is 3.00. The molecule has 1 aromatic heterocycles. The quantitative estimate of drug-likeness (QED) is 0.450. The van der Waals surface area contributed by atoms with Crippen molar-refractivity contribution in [2.45, 2.75) is 63.3 Å². The van der Waals surface area contributed by atoms with Crippen LogP contribution in [-0.2, 0) is 22.9 Å². The maximum Gasteiger partial charge on any atom is 0.279 e. The number of aryl methyl sites for hydroxylation is 2. The fourth-order valence-electron chi connectivity index (χ4n) is 3.51. The highest BCUT2D eigenvalue weighted by molar-refractivity contribution is 7.89. The van der Waals surface area contributed by atoms with Crippen molar-refractivity contribution in [1.82, 2.24) is 15.6 Å². The Balaban J connectivity index is 1.73. The van der Waals surface area contributed by atoms with E-state index in [9.17, 15) is 18.0 Å². The van der Waals surface area contributed by atoms with Crippen LogP contribution in [0.4, 0.5) is 0 Å². The molecule has 2 aromatic rings. The van der Waals surface area contributed by atoms with Crippen molar-refractivity contribution in [1.29, 1.82) is 0 Å². The molecule has 0 spiro atoms. The lowest BCUT2D eigenvalue weighted by atomic mass is 10.1. The van der Waals surface area contributed by atoms with Gasteiger partial charge in [0.15, 0.2) is 0 Å². The van der Waals surface area contributed by atoms with Gasteiger partial charge in [0.25, 0.3) is 11.8 Å². The van der Waals surface area contributed by atoms with Crippen LogP contribution in [-0.4, -0.2) is 32.9 Å². The highest BCUT2D eigenvalue weighted by Gasteiger charge is 2.26. The SMILES string of the molecule is COc1ccc(C(=O)NNC(=O)c2cc3c(s2)CCCCC3)cc1S(=O)(=O)NC(C)(C)C. The van der Waals surface area contributed by atoms with Gasteiger partial charge in [-0.05, 0) is 76.3 Å². The van der Waals surface area contributed by atoms with Crippen molar-refractivity contribution in [2.24, 2.45) is 0 Å². The van der Waals surface area contributed by atoms with Crippen molar-refractivity contribution in [2.75, 3.05) is 7.11 Å². The monoisotopic (exact) mass is 479 g/mol. The number of sulfonamides is 1. The van der Waals surface area contributed by atoms with E-state index in [0.717, 1.165) is 25.7 Å². The van der Waals surface area contributed by atoms with Crippen LogP contribution >= 0.6 is 11.3 Å². The average molecular weight is 480 g/mol. The van der Waals surface area contributed by atoms with E-state index in [1.807, 2.05) is 6.07 Å². The number of benzene rings is 1. The Labute approximate surface area is 192 Å². The van der Waals surface area contributed by atoms with Crippen LogP contribution in [0.1, 0.15) is 70.5 Å². The van der Waals surface area contributed by atoms with Gasteiger partial charge in [0, 0.05) is 16.0 Å². The van der Waals surface area contributed by atoms with Crippen LogP contribution in [0.2, 0.25) is 0 Å². The number of rotatable bonds is 5. The summed E-state index contributed by atoms with van der Waals surface area (Å²) in [5.41, 5.74) is 5.36. The number of fused-ring (bicyclic) bond motifs is 1. The summed E-state index contributed by atoms with van der Waals surface area (Å²) < 4.78 is 33.3. The Kier molecular flexibility index (Phi) is 7.26. The van der Waals surface area contributed by atoms with E-state index < -0.39 is 27.4 Å². The summed E-state index contributed by atoms with van der Waals surface area (Å²) in [6, 6.07) is 5.96. The number of ether oxygens (including phenoxy) is 1. The number of carbonyl (C=O) groups is 2. The summed E-state index contributed by atoms with van der Waals surface area (Å²) in [6.45, 7) is 5.15. The van der Waals surface area contributed by atoms with Crippen LogP contribution < -0.4 is 20.3 Å². The molecule has 0 radical (unpaired) electrons. The molecule has 3 rings (SSSR count). The van der Waals surface area contributed by atoms with Crippen molar-refractivity contribution >= 4 is 33.2 Å². The Bertz CT molecular complexity index is 1090. The molecular weight excluding hydrogens is 450 g/mol. The summed E-state index contributed by atoms with van der Waals surface area (Å²) >= 11 is 1.45. The first-order chi connectivity index (χ1) is 15.0. The zero-order valence-corrected chi connectivity index (χ0v) is 20.3. The molecule has 32 heavy (non-hydrogen) atoms. The fraction of sp³-hybridized carbons (Fsp3) is 0.455. The molecular formula is C22H29N3O5S2. The molecule has 1 heterocycles. The molecule has 3 N–H and O–H groups in total. The van der Waals surface area contributed by atoms with Gasteiger partial charge in [0.05, 0.1) is 12.0 Å². The van der Waals surface area contributed by atoms with Crippen LogP contribution in [0.15, 0.2) is 29.2 Å². The van der Waals surface area contributed by atoms with Gasteiger partial charge >= 0.3 is 0 Å². The van der Waals surface area contributed by atoms with Crippen molar-refractivity contribution in [3.63, 3.8) is 0 Å². The Morgan fingerprint density at radius 2 is 1.69 bits per heavy atom. The summed E-state index contributed by atoms with van der Waals surface area (Å²) in [7, 11) is -2.58. The molecule has 0 bridgehead atoms. The number of methoxy groups -OCH3 is 1. The summed E-state index contributed by atoms with van der Waals surface area (Å²) in [5.74, 6) is -0.916. The highest BCUT2D eigenvalue weighted by Crippen LogP contribution is 2.29. The molecule has 1 aromatic carbocycles. The Hall–Kier alpha value is -2.43. The second-order valence-electron chi connectivity index (χ2n) is 8.75. The molecule has 0 fully saturated rings. The van der Waals surface area contributed by atoms with E-state index in [1.54, 1.807) is 20.8 Å². The molecule has 0 unspecified atom stereocenters. The van der Waals surface area contributed by atoms with Gasteiger partial charge in [-0.25, -0.2) is 13.1 Å². The van der Waals surface area contributed by atoms with Crippen LogP contribution in [0.3, 0.4) is 0 Å². The van der Waals surface area contributed by atoms with Crippen LogP contribution in [0, 0.1) is 0 Å². The highest BCUT2D eigenvalue weighted by atomic mass is 32.2. The molecule has 1 aliphatic carbocycles. The van der Waals surface area contributed by atoms with Gasteiger partial charge in [0.1, 0.15) is 10.6 Å². The minimum absolute atomic E-state index is 0.0716. The summed E-state index contributed by atoms with van der Waals surface area (Å²) in [5, 5.41) is 0. The summed E-state index contributed by atoms with van der Waals surface area (Å²) in [6.07, 6.45) is 5.39. The van der Waals surface area contributed by atoms with Gasteiger partial charge in [-0.2, -0.15) is 0 Å². The first kappa shape index (κ1) is 24.2. The lowest BCUT2D eigenvalue weighted by Crippen LogP contribution is -2.42. The fourth-order valence-corrected chi connectivity index (χ4v) is 6.28. The van der Waals surface area contributed by atoms with E-state index >= 15 is 0 Å². The minimum atomic E-state index is -3.94. The maximum atomic E-state index is 12.8. The van der Waals surface area contributed by atoms with Gasteiger partial charge in [-0.15, -0.1) is 11.3 Å². The van der Waals surface area contributed by atoms with E-state index in [2.05, 4.69) is 15.6 Å². The third kappa shape index (κ3) is 5.87. The first-order valence-electron chi connectivity index (χ1n) is 10.4. The zero-order chi connectivity index (χ0) is 23.5. The van der Waals surface area contributed by atoms with E-state index in [0.29, 0.717) is 4.88 Å². The molecule has 174 valence electrons. The topological polar surface area (TPSA) is 114 Å². The zero-order valence-electron chi connectivity index (χ0n) is 18.7. The van der Waals surface area contributed by atoms with Gasteiger partial charge in [0.2, 0.25) is 10.0 Å². The Morgan fingerprint density at radius 1 is 1.00 bits per heavy atom. The second-order valence-corrected chi connectivity index (χ2v) is 11.5. The standard InChI is InChI=1S/C22H29N3O5S2/c1-22(2,3)25-32(28,29)19-13-15(10-11-16(19)30-4)20(26)23-24-21(27)18-12-14-8-6-5-7-9-17(14)31-18/h10-13,25H,5-9H2,1-4H3,(H,23,26)(H,24,27). The predicted molar refractivity (Wildman–Crippen MR) is 124 cm³/mol. The van der Waals surface area contributed by atoms with E-state index in [1.165, 1.54) is 53.5 Å². The first-order valence-corrected chi connectivity index (χ1v) is 12.7. The van der Waals surface area contributed by atoms with Crippen molar-refractivity contribution in [3.05, 3.63) is 45.1 Å². The normalized spacial score (nSPS) is 14.2. The molecule has 2 amide bonds. The van der Waals surface area contributed by atoms with Crippen LogP contribution in [0.5, 0.6) is 5.75 Å². The molecule has 0 atom stereocenters. The second kappa shape index (κ2) is 9.60.